The summed E-state index contributed by atoms with van der Waals surface area (Å²) in [6.45, 7) is 0. The lowest BCUT2D eigenvalue weighted by molar-refractivity contribution is 0.423. The fourth-order valence-corrected chi connectivity index (χ4v) is 2.72. The number of para-hydroxylation sites is 4. The number of hydrogen-bond donors (Lipinski definition) is 2. The van der Waals surface area contributed by atoms with Crippen molar-refractivity contribution in [3.05, 3.63) is 60.3 Å². The van der Waals surface area contributed by atoms with Gasteiger partial charge >= 0.3 is 0 Å². The van der Waals surface area contributed by atoms with Gasteiger partial charge in [0.15, 0.2) is 22.9 Å². The summed E-state index contributed by atoms with van der Waals surface area (Å²) in [6, 6.07) is 14.7. The number of rotatable bonds is 5. The molecule has 0 amide bonds. The molecule has 6 nitrogen and oxygen atoms in total. The Balaban J connectivity index is 1.46. The Morgan fingerprint density at radius 1 is 0.708 bits per heavy atom. The summed E-state index contributed by atoms with van der Waals surface area (Å²) in [6.07, 6.45) is 0.937. The van der Waals surface area contributed by atoms with E-state index >= 15 is 0 Å². The van der Waals surface area contributed by atoms with Gasteiger partial charge in [-0.15, -0.1) is 0 Å². The van der Waals surface area contributed by atoms with Crippen molar-refractivity contribution in [1.29, 1.82) is 0 Å². The van der Waals surface area contributed by atoms with Crippen LogP contribution >= 0.6 is 0 Å². The SMILES string of the molecule is NC(Cc1nc2ccccc2o1)C(N)Cc1nc2ccccc2o1. The van der Waals surface area contributed by atoms with E-state index in [9.17, 15) is 0 Å². The van der Waals surface area contributed by atoms with Gasteiger partial charge in [0, 0.05) is 24.9 Å². The second-order valence-corrected chi connectivity index (χ2v) is 5.89. The Kier molecular flexibility index (Phi) is 3.76. The molecule has 0 fully saturated rings. The first kappa shape index (κ1) is 14.9. The number of oxazole rings is 2. The van der Waals surface area contributed by atoms with Gasteiger partial charge in [-0.25, -0.2) is 9.97 Å². The van der Waals surface area contributed by atoms with Crippen LogP contribution in [-0.4, -0.2) is 22.1 Å². The molecule has 0 bridgehead atoms. The number of aromatic nitrogens is 2. The molecule has 0 radical (unpaired) electrons. The minimum absolute atomic E-state index is 0.298. The molecule has 122 valence electrons. The second kappa shape index (κ2) is 6.07. The topological polar surface area (TPSA) is 104 Å². The van der Waals surface area contributed by atoms with Crippen LogP contribution < -0.4 is 11.5 Å². The van der Waals surface area contributed by atoms with Gasteiger partial charge < -0.3 is 20.3 Å². The van der Waals surface area contributed by atoms with Crippen LogP contribution in [0.15, 0.2) is 57.4 Å². The fraction of sp³-hybridized carbons (Fsp3) is 0.222. The number of fused-ring (bicyclic) bond motifs is 2. The van der Waals surface area contributed by atoms with Crippen LogP contribution in [0.4, 0.5) is 0 Å². The van der Waals surface area contributed by atoms with Crippen molar-refractivity contribution in [2.75, 3.05) is 0 Å². The van der Waals surface area contributed by atoms with Crippen molar-refractivity contribution in [3.8, 4) is 0 Å². The van der Waals surface area contributed by atoms with Crippen molar-refractivity contribution in [3.63, 3.8) is 0 Å². The van der Waals surface area contributed by atoms with Crippen molar-refractivity contribution in [2.45, 2.75) is 24.9 Å². The molecular weight excluding hydrogens is 304 g/mol. The molecule has 4 aromatic rings. The van der Waals surface area contributed by atoms with Crippen LogP contribution in [-0.2, 0) is 12.8 Å². The maximum atomic E-state index is 6.22. The van der Waals surface area contributed by atoms with Gasteiger partial charge in [-0.2, -0.15) is 0 Å². The van der Waals surface area contributed by atoms with Crippen LogP contribution in [0.2, 0.25) is 0 Å². The highest BCUT2D eigenvalue weighted by Crippen LogP contribution is 2.18. The standard InChI is InChI=1S/C18H18N4O2/c19-11(9-17-21-13-5-1-3-7-15(13)23-17)12(20)10-18-22-14-6-2-4-8-16(14)24-18/h1-8,11-12H,9-10,19-20H2. The summed E-state index contributed by atoms with van der Waals surface area (Å²) >= 11 is 0. The predicted molar refractivity (Wildman–Crippen MR) is 91.4 cm³/mol. The zero-order valence-electron chi connectivity index (χ0n) is 13.1. The van der Waals surface area contributed by atoms with E-state index in [1.54, 1.807) is 0 Å². The molecule has 0 saturated heterocycles. The molecule has 2 unspecified atom stereocenters. The Labute approximate surface area is 138 Å². The maximum absolute atomic E-state index is 6.22. The van der Waals surface area contributed by atoms with Crippen LogP contribution in [0.1, 0.15) is 11.8 Å². The van der Waals surface area contributed by atoms with Crippen molar-refractivity contribution >= 4 is 22.2 Å². The molecule has 0 aliphatic rings. The third-order valence-electron chi connectivity index (χ3n) is 4.05. The zero-order chi connectivity index (χ0) is 16.5. The number of hydrogen-bond acceptors (Lipinski definition) is 6. The highest BCUT2D eigenvalue weighted by Gasteiger charge is 2.20. The lowest BCUT2D eigenvalue weighted by Crippen LogP contribution is -2.44. The third kappa shape index (κ3) is 2.89. The summed E-state index contributed by atoms with van der Waals surface area (Å²) in [5.74, 6) is 1.19. The van der Waals surface area contributed by atoms with Crippen LogP contribution in [0.3, 0.4) is 0 Å². The fourth-order valence-electron chi connectivity index (χ4n) is 2.72. The molecule has 2 aromatic carbocycles. The van der Waals surface area contributed by atoms with E-state index in [4.69, 9.17) is 20.3 Å². The molecule has 0 saturated carbocycles. The third-order valence-corrected chi connectivity index (χ3v) is 4.05. The first-order valence-corrected chi connectivity index (χ1v) is 7.89. The Bertz CT molecular complexity index is 829. The molecule has 2 heterocycles. The Morgan fingerprint density at radius 2 is 1.12 bits per heavy atom. The smallest absolute Gasteiger partial charge is 0.197 e. The quantitative estimate of drug-likeness (QED) is 0.584. The lowest BCUT2D eigenvalue weighted by atomic mass is 10.0. The van der Waals surface area contributed by atoms with Crippen molar-refractivity contribution in [2.24, 2.45) is 11.5 Å². The zero-order valence-corrected chi connectivity index (χ0v) is 13.1. The molecule has 2 aromatic heterocycles. The first-order valence-electron chi connectivity index (χ1n) is 7.89. The summed E-state index contributed by atoms with van der Waals surface area (Å²) < 4.78 is 11.4. The second-order valence-electron chi connectivity index (χ2n) is 5.89. The van der Waals surface area contributed by atoms with Gasteiger partial charge in [-0.3, -0.25) is 0 Å². The van der Waals surface area contributed by atoms with Crippen molar-refractivity contribution in [1.82, 2.24) is 9.97 Å². The van der Waals surface area contributed by atoms with Crippen LogP contribution in [0.5, 0.6) is 0 Å². The highest BCUT2D eigenvalue weighted by molar-refractivity contribution is 5.72. The molecule has 4 rings (SSSR count). The summed E-state index contributed by atoms with van der Waals surface area (Å²) in [4.78, 5) is 8.87. The van der Waals surface area contributed by atoms with Crippen LogP contribution in [0.25, 0.3) is 22.2 Å². The number of benzene rings is 2. The first-order chi connectivity index (χ1) is 11.7. The van der Waals surface area contributed by atoms with E-state index in [0.717, 1.165) is 22.2 Å². The average molecular weight is 322 g/mol. The van der Waals surface area contributed by atoms with Crippen LogP contribution in [0, 0.1) is 0 Å². The van der Waals surface area contributed by atoms with Gasteiger partial charge in [0.05, 0.1) is 0 Å². The minimum Gasteiger partial charge on any atom is -0.441 e. The minimum atomic E-state index is -0.298. The van der Waals surface area contributed by atoms with Gasteiger partial charge in [-0.1, -0.05) is 24.3 Å². The van der Waals surface area contributed by atoms with Gasteiger partial charge in [0.1, 0.15) is 11.0 Å². The lowest BCUT2D eigenvalue weighted by Gasteiger charge is -2.16. The summed E-state index contributed by atoms with van der Waals surface area (Å²) in [5.41, 5.74) is 15.6. The van der Waals surface area contributed by atoms with E-state index in [1.807, 2.05) is 48.5 Å². The average Bonchev–Trinajstić information content (AvgIpc) is 3.16. The predicted octanol–water partition coefficient (Wildman–Crippen LogP) is 2.41. The molecule has 4 N–H and O–H groups in total. The summed E-state index contributed by atoms with van der Waals surface area (Å²) in [7, 11) is 0. The van der Waals surface area contributed by atoms with Gasteiger partial charge in [-0.05, 0) is 24.3 Å². The monoisotopic (exact) mass is 322 g/mol. The number of nitrogens with two attached hydrogens (primary N) is 2. The summed E-state index contributed by atoms with van der Waals surface area (Å²) in [5, 5.41) is 0. The molecule has 24 heavy (non-hydrogen) atoms. The van der Waals surface area contributed by atoms with Gasteiger partial charge in [0.25, 0.3) is 0 Å². The van der Waals surface area contributed by atoms with E-state index in [-0.39, 0.29) is 12.1 Å². The van der Waals surface area contributed by atoms with Crippen molar-refractivity contribution < 1.29 is 8.83 Å². The molecule has 6 heteroatoms. The molecule has 2 atom stereocenters. The van der Waals surface area contributed by atoms with E-state index < -0.39 is 0 Å². The molecule has 0 spiro atoms. The van der Waals surface area contributed by atoms with E-state index in [0.29, 0.717) is 24.6 Å². The van der Waals surface area contributed by atoms with Gasteiger partial charge in [0.2, 0.25) is 0 Å². The molecule has 0 aliphatic carbocycles. The van der Waals surface area contributed by atoms with E-state index in [1.165, 1.54) is 0 Å². The molecule has 0 aliphatic heterocycles. The normalized spacial score (nSPS) is 14.2. The Hall–Kier alpha value is -2.70. The largest absolute Gasteiger partial charge is 0.441 e. The van der Waals surface area contributed by atoms with E-state index in [2.05, 4.69) is 9.97 Å². The Morgan fingerprint density at radius 3 is 1.54 bits per heavy atom. The highest BCUT2D eigenvalue weighted by atomic mass is 16.4. The number of nitrogens with zero attached hydrogens (tertiary/aromatic N) is 2. The molecular formula is C18H18N4O2. The maximum Gasteiger partial charge on any atom is 0.197 e.